The molecule has 2 fully saturated rings. The molecule has 2 atom stereocenters. The van der Waals surface area contributed by atoms with E-state index in [4.69, 9.17) is 20.9 Å². The maximum atomic E-state index is 13.3. The molecule has 1 aliphatic carbocycles. The van der Waals surface area contributed by atoms with Gasteiger partial charge in [-0.3, -0.25) is 9.59 Å². The van der Waals surface area contributed by atoms with Crippen LogP contribution in [-0.4, -0.2) is 77.9 Å². The van der Waals surface area contributed by atoms with Crippen LogP contribution in [0.2, 0.25) is 0 Å². The van der Waals surface area contributed by atoms with Crippen LogP contribution >= 0.6 is 11.3 Å². The van der Waals surface area contributed by atoms with Crippen molar-refractivity contribution in [2.45, 2.75) is 50.2 Å². The molecule has 2 amide bonds. The monoisotopic (exact) mass is 563 g/mol. The fourth-order valence-corrected chi connectivity index (χ4v) is 6.56. The van der Waals surface area contributed by atoms with E-state index in [1.165, 1.54) is 17.4 Å². The van der Waals surface area contributed by atoms with E-state index in [1.54, 1.807) is 17.0 Å². The number of hydrogen-bond acceptors (Lipinski definition) is 9. The summed E-state index contributed by atoms with van der Waals surface area (Å²) in [5.74, 6) is -0.459. The van der Waals surface area contributed by atoms with Crippen LogP contribution in [0, 0.1) is 11.3 Å². The average molecular weight is 564 g/mol. The quantitative estimate of drug-likeness (QED) is 0.279. The van der Waals surface area contributed by atoms with Crippen molar-refractivity contribution in [2.75, 3.05) is 39.0 Å². The Bertz CT molecular complexity index is 1390. The van der Waals surface area contributed by atoms with Crippen molar-refractivity contribution < 1.29 is 19.1 Å². The number of nitrogens with two attached hydrogens (primary N) is 2. The lowest BCUT2D eigenvalue weighted by Crippen LogP contribution is -2.55. The van der Waals surface area contributed by atoms with E-state index in [1.807, 2.05) is 0 Å². The summed E-state index contributed by atoms with van der Waals surface area (Å²) in [4.78, 5) is 38.7. The van der Waals surface area contributed by atoms with Crippen LogP contribution < -0.4 is 20.9 Å². The van der Waals surface area contributed by atoms with Gasteiger partial charge in [0.1, 0.15) is 35.2 Å². The highest BCUT2D eigenvalue weighted by Crippen LogP contribution is 2.42. The second-order valence-corrected chi connectivity index (χ2v) is 11.5. The molecule has 5 rings (SSSR count). The fourth-order valence-electron chi connectivity index (χ4n) is 5.43. The Kier molecular flexibility index (Phi) is 8.04. The average Bonchev–Trinajstić information content (AvgIpc) is 3.49. The summed E-state index contributed by atoms with van der Waals surface area (Å²) in [7, 11) is 2.07. The summed E-state index contributed by atoms with van der Waals surface area (Å²) in [6, 6.07) is 5.73. The van der Waals surface area contributed by atoms with E-state index in [0.29, 0.717) is 53.9 Å². The van der Waals surface area contributed by atoms with Crippen LogP contribution in [0.15, 0.2) is 29.8 Å². The van der Waals surface area contributed by atoms with Crippen molar-refractivity contribution in [3.05, 3.63) is 46.5 Å². The third-order valence-corrected chi connectivity index (χ3v) is 8.80. The first-order chi connectivity index (χ1) is 19.3. The highest BCUT2D eigenvalue weighted by Gasteiger charge is 2.33. The van der Waals surface area contributed by atoms with Gasteiger partial charge in [-0.1, -0.05) is 6.58 Å². The molecule has 0 spiro atoms. The topological polar surface area (TPSA) is 160 Å². The van der Waals surface area contributed by atoms with E-state index in [2.05, 4.69) is 34.6 Å². The van der Waals surface area contributed by atoms with Gasteiger partial charge >= 0.3 is 0 Å². The number of fused-ring (bicyclic) bond motifs is 1. The van der Waals surface area contributed by atoms with Gasteiger partial charge in [0.05, 0.1) is 24.6 Å². The number of likely N-dealkylation sites (N-methyl/N-ethyl adjacent to an activating group) is 1. The molecule has 4 heterocycles. The van der Waals surface area contributed by atoms with Crippen molar-refractivity contribution in [3.63, 3.8) is 0 Å². The third kappa shape index (κ3) is 5.66. The number of hydrogen-bond donors (Lipinski definition) is 2. The van der Waals surface area contributed by atoms with E-state index < -0.39 is 11.8 Å². The Labute approximate surface area is 237 Å². The maximum Gasteiger partial charge on any atom is 0.255 e. The van der Waals surface area contributed by atoms with Crippen LogP contribution in [0.1, 0.15) is 53.3 Å². The Morgan fingerprint density at radius 3 is 2.83 bits per heavy atom. The van der Waals surface area contributed by atoms with E-state index in [9.17, 15) is 14.9 Å². The normalized spacial score (nSPS) is 21.3. The SMILES string of the molecule is C=CC(=O)N1CC(Oc2cc(OCC3CCCN3C)nc(C(N)=NC(=O)C3CCCc4sc(N)c(C#N)c43)c2)C1. The number of thiophene rings is 1. The Balaban J connectivity index is 1.38. The first-order valence-electron chi connectivity index (χ1n) is 13.4. The summed E-state index contributed by atoms with van der Waals surface area (Å²) in [6.45, 7) is 5.86. The molecule has 40 heavy (non-hydrogen) atoms. The molecule has 0 radical (unpaired) electrons. The molecule has 3 aliphatic rings. The molecule has 4 N–H and O–H groups in total. The zero-order valence-corrected chi connectivity index (χ0v) is 23.3. The molecule has 12 heteroatoms. The largest absolute Gasteiger partial charge is 0.486 e. The molecule has 0 saturated carbocycles. The van der Waals surface area contributed by atoms with Crippen molar-refractivity contribution >= 4 is 34.0 Å². The van der Waals surface area contributed by atoms with Crippen LogP contribution in [0.4, 0.5) is 5.00 Å². The number of carbonyl (C=O) groups excluding carboxylic acids is 2. The lowest BCUT2D eigenvalue weighted by molar-refractivity contribution is -0.134. The lowest BCUT2D eigenvalue weighted by atomic mass is 9.85. The highest BCUT2D eigenvalue weighted by atomic mass is 32.1. The minimum atomic E-state index is -0.582. The number of nitrogens with zero attached hydrogens (tertiary/aromatic N) is 5. The molecule has 2 unspecified atom stereocenters. The smallest absolute Gasteiger partial charge is 0.255 e. The summed E-state index contributed by atoms with van der Waals surface area (Å²) in [5, 5.41) is 10.1. The molecule has 11 nitrogen and oxygen atoms in total. The van der Waals surface area contributed by atoms with Gasteiger partial charge in [-0.05, 0) is 57.3 Å². The Morgan fingerprint density at radius 2 is 2.12 bits per heavy atom. The van der Waals surface area contributed by atoms with Crippen LogP contribution in [-0.2, 0) is 16.0 Å². The van der Waals surface area contributed by atoms with E-state index in [0.717, 1.165) is 37.1 Å². The number of anilines is 1. The van der Waals surface area contributed by atoms with Gasteiger partial charge < -0.3 is 30.7 Å². The van der Waals surface area contributed by atoms with Gasteiger partial charge in [-0.15, -0.1) is 11.3 Å². The first kappa shape index (κ1) is 27.6. The number of likely N-dealkylation sites (tertiary alicyclic amines) is 2. The van der Waals surface area contributed by atoms with E-state index >= 15 is 0 Å². The van der Waals surface area contributed by atoms with Gasteiger partial charge in [0.15, 0.2) is 5.84 Å². The predicted octanol–water partition coefficient (Wildman–Crippen LogP) is 2.20. The third-order valence-electron chi connectivity index (χ3n) is 7.70. The van der Waals surface area contributed by atoms with Gasteiger partial charge in [0, 0.05) is 23.1 Å². The number of amides is 2. The van der Waals surface area contributed by atoms with Crippen LogP contribution in [0.5, 0.6) is 11.6 Å². The molecular weight excluding hydrogens is 530 g/mol. The first-order valence-corrected chi connectivity index (χ1v) is 14.2. The Morgan fingerprint density at radius 1 is 1.32 bits per heavy atom. The number of nitrogen functional groups attached to an aromatic ring is 1. The Hall–Kier alpha value is -3.95. The second kappa shape index (κ2) is 11.7. The summed E-state index contributed by atoms with van der Waals surface area (Å²) < 4.78 is 12.1. The van der Waals surface area contributed by atoms with Crippen LogP contribution in [0.25, 0.3) is 0 Å². The van der Waals surface area contributed by atoms with Crippen molar-refractivity contribution in [1.29, 1.82) is 5.26 Å². The van der Waals surface area contributed by atoms with Gasteiger partial charge in [-0.2, -0.15) is 10.3 Å². The van der Waals surface area contributed by atoms with Gasteiger partial charge in [0.2, 0.25) is 11.8 Å². The molecule has 2 saturated heterocycles. The molecule has 2 aromatic heterocycles. The zero-order chi connectivity index (χ0) is 28.4. The number of carbonyl (C=O) groups is 2. The van der Waals surface area contributed by atoms with Crippen molar-refractivity contribution in [2.24, 2.45) is 10.7 Å². The molecule has 2 aromatic rings. The number of rotatable bonds is 8. The fraction of sp³-hybridized carbons (Fsp3) is 0.464. The minimum Gasteiger partial charge on any atom is -0.486 e. The standard InChI is InChI=1S/C28H33N7O4S/c1-3-24(36)35-13-18(14-35)39-17-10-21(32-23(11-17)38-15-16-6-5-9-34(16)2)26(30)33-28(37)19-7-4-8-22-25(19)20(12-29)27(31)40-22/h3,10-11,16,18-19H,1,4-9,13-15,31H2,2H3,(H2,30,33,37). The zero-order valence-electron chi connectivity index (χ0n) is 22.5. The number of ether oxygens (including phenoxy) is 2. The van der Waals surface area contributed by atoms with Gasteiger partial charge in [0.25, 0.3) is 5.91 Å². The summed E-state index contributed by atoms with van der Waals surface area (Å²) in [5.41, 5.74) is 13.7. The molecule has 210 valence electrons. The number of aliphatic imine (C=N–C) groups is 1. The summed E-state index contributed by atoms with van der Waals surface area (Å²) in [6.07, 6.45) is 5.36. The van der Waals surface area contributed by atoms with Gasteiger partial charge in [-0.25, -0.2) is 4.98 Å². The highest BCUT2D eigenvalue weighted by molar-refractivity contribution is 7.16. The van der Waals surface area contributed by atoms with E-state index in [-0.39, 0.29) is 29.6 Å². The summed E-state index contributed by atoms with van der Waals surface area (Å²) >= 11 is 1.36. The minimum absolute atomic E-state index is 0.0656. The van der Waals surface area contributed by atoms with Crippen molar-refractivity contribution in [3.8, 4) is 17.7 Å². The predicted molar refractivity (Wildman–Crippen MR) is 151 cm³/mol. The lowest BCUT2D eigenvalue weighted by Gasteiger charge is -2.38. The maximum absolute atomic E-state index is 13.3. The second-order valence-electron chi connectivity index (χ2n) is 10.4. The molecule has 0 aromatic carbocycles. The molecule has 2 aliphatic heterocycles. The van der Waals surface area contributed by atoms with Crippen molar-refractivity contribution in [1.82, 2.24) is 14.8 Å². The number of aryl methyl sites for hydroxylation is 1. The number of nitriles is 1. The number of aromatic nitrogens is 1. The van der Waals surface area contributed by atoms with Crippen LogP contribution in [0.3, 0.4) is 0 Å². The molecule has 0 bridgehead atoms. The number of pyridine rings is 1. The molecular formula is C28H33N7O4S. The number of amidine groups is 1.